The molecule has 2 atom stereocenters. The Kier molecular flexibility index (Phi) is 13.0. The zero-order chi connectivity index (χ0) is 38.7. The molecule has 0 aliphatic heterocycles. The molecule has 0 saturated heterocycles. The highest BCUT2D eigenvalue weighted by atomic mass is 16.5. The average molecular weight is 697 g/mol. The molecule has 2 amide bonds. The van der Waals surface area contributed by atoms with Gasteiger partial charge in [-0.25, -0.2) is 0 Å². The number of ether oxygens (including phenoxy) is 2. The predicted molar refractivity (Wildman–Crippen MR) is 196 cm³/mol. The summed E-state index contributed by atoms with van der Waals surface area (Å²) in [6, 6.07) is 7.28. The monoisotopic (exact) mass is 696 g/mol. The van der Waals surface area contributed by atoms with Crippen molar-refractivity contribution in [1.29, 1.82) is 0 Å². The normalized spacial score (nSPS) is 13.7. The Balaban J connectivity index is 2.16. The van der Waals surface area contributed by atoms with Gasteiger partial charge >= 0.3 is 23.8 Å². The van der Waals surface area contributed by atoms with Crippen molar-refractivity contribution in [3.63, 3.8) is 0 Å². The van der Waals surface area contributed by atoms with E-state index >= 15 is 0 Å². The van der Waals surface area contributed by atoms with Gasteiger partial charge in [0.2, 0.25) is 0 Å². The number of rotatable bonds is 10. The third kappa shape index (κ3) is 10.5. The lowest BCUT2D eigenvalue weighted by molar-refractivity contribution is -0.151. The van der Waals surface area contributed by atoms with Crippen LogP contribution in [0.15, 0.2) is 24.3 Å². The quantitative estimate of drug-likeness (QED) is 0.185. The lowest BCUT2D eigenvalue weighted by Gasteiger charge is -2.29. The van der Waals surface area contributed by atoms with Crippen LogP contribution < -0.4 is 5.73 Å². The number of amides is 2. The zero-order valence-electron chi connectivity index (χ0n) is 32.7. The Morgan fingerprint density at radius 1 is 0.600 bits per heavy atom. The van der Waals surface area contributed by atoms with E-state index in [2.05, 4.69) is 0 Å². The molecule has 10 heteroatoms. The van der Waals surface area contributed by atoms with Crippen LogP contribution >= 0.6 is 0 Å². The number of aromatic hydroxyl groups is 2. The van der Waals surface area contributed by atoms with Gasteiger partial charge in [0.25, 0.3) is 0 Å². The Hall–Kier alpha value is -4.08. The fourth-order valence-electron chi connectivity index (χ4n) is 5.61. The summed E-state index contributed by atoms with van der Waals surface area (Å²) < 4.78 is 11.1. The summed E-state index contributed by atoms with van der Waals surface area (Å²) in [6.45, 7) is 26.6. The number of esters is 2. The number of primary amides is 1. The lowest BCUT2D eigenvalue weighted by atomic mass is 9.77. The molecule has 0 bridgehead atoms. The van der Waals surface area contributed by atoms with Gasteiger partial charge in [0.05, 0.1) is 24.9 Å². The number of nitrogens with two attached hydrogens (primary N) is 1. The number of phenolic OH excluding ortho intramolecular Hbond substituents is 2. The Bertz CT molecular complexity index is 1410. The summed E-state index contributed by atoms with van der Waals surface area (Å²) in [5.74, 6) is -4.22. The molecular formula is C40H60N2O8. The number of benzene rings is 2. The van der Waals surface area contributed by atoms with Gasteiger partial charge < -0.3 is 30.3 Å². The van der Waals surface area contributed by atoms with Crippen LogP contribution in [0.5, 0.6) is 11.5 Å². The molecule has 278 valence electrons. The van der Waals surface area contributed by atoms with E-state index in [1.807, 2.05) is 107 Å². The summed E-state index contributed by atoms with van der Waals surface area (Å²) in [6.07, 6.45) is 0. The van der Waals surface area contributed by atoms with Crippen LogP contribution in [0.3, 0.4) is 0 Å². The Labute approximate surface area is 298 Å². The number of phenols is 2. The van der Waals surface area contributed by atoms with E-state index in [0.29, 0.717) is 11.1 Å². The maximum Gasteiger partial charge on any atom is 0.313 e. The number of hydrogen-bond acceptors (Lipinski definition) is 8. The minimum absolute atomic E-state index is 0.148. The number of carbonyl (C=O) groups excluding carboxylic acids is 4. The molecule has 0 fully saturated rings. The van der Waals surface area contributed by atoms with Crippen LogP contribution in [0.2, 0.25) is 0 Å². The smallest absolute Gasteiger partial charge is 0.313 e. The van der Waals surface area contributed by atoms with Gasteiger partial charge in [0.15, 0.2) is 0 Å². The molecule has 4 N–H and O–H groups in total. The van der Waals surface area contributed by atoms with E-state index in [-0.39, 0.29) is 59.5 Å². The molecule has 2 aromatic carbocycles. The summed E-state index contributed by atoms with van der Waals surface area (Å²) in [5, 5.41) is 22.1. The summed E-state index contributed by atoms with van der Waals surface area (Å²) in [5.41, 5.74) is 8.01. The maximum atomic E-state index is 13.2. The molecule has 0 aliphatic rings. The molecule has 2 rings (SSSR count). The largest absolute Gasteiger partial charge is 0.507 e. The number of carbonyl (C=O) groups is 4. The maximum absolute atomic E-state index is 13.2. The molecule has 0 saturated carbocycles. The molecule has 0 aliphatic carbocycles. The van der Waals surface area contributed by atoms with Crippen molar-refractivity contribution in [2.24, 2.45) is 5.73 Å². The number of nitrogens with zero attached hydrogens (tertiary/aromatic N) is 1. The highest BCUT2D eigenvalue weighted by Gasteiger charge is 2.31. The molecule has 0 radical (unpaired) electrons. The van der Waals surface area contributed by atoms with Crippen molar-refractivity contribution in [3.8, 4) is 11.5 Å². The van der Waals surface area contributed by atoms with Crippen LogP contribution in [-0.4, -0.2) is 65.2 Å². The van der Waals surface area contributed by atoms with E-state index in [4.69, 9.17) is 15.2 Å². The third-order valence-corrected chi connectivity index (χ3v) is 8.91. The van der Waals surface area contributed by atoms with Gasteiger partial charge in [-0.05, 0) is 68.9 Å². The van der Waals surface area contributed by atoms with Crippen LogP contribution in [-0.2, 0) is 50.3 Å². The van der Waals surface area contributed by atoms with Crippen molar-refractivity contribution in [3.05, 3.63) is 57.6 Å². The minimum atomic E-state index is -1.19. The molecular weight excluding hydrogens is 636 g/mol. The zero-order valence-corrected chi connectivity index (χ0v) is 32.7. The van der Waals surface area contributed by atoms with Gasteiger partial charge in [-0.1, -0.05) is 107 Å². The predicted octanol–water partition coefficient (Wildman–Crippen LogP) is 6.60. The fraction of sp³-hybridized carbons (Fsp3) is 0.600. The van der Waals surface area contributed by atoms with E-state index in [9.17, 15) is 29.4 Å². The Morgan fingerprint density at radius 3 is 1.08 bits per heavy atom. The third-order valence-electron chi connectivity index (χ3n) is 8.91. The summed E-state index contributed by atoms with van der Waals surface area (Å²) >= 11 is 0. The van der Waals surface area contributed by atoms with Crippen molar-refractivity contribution in [1.82, 2.24) is 4.90 Å². The van der Waals surface area contributed by atoms with Crippen molar-refractivity contribution in [2.75, 3.05) is 26.3 Å². The summed E-state index contributed by atoms with van der Waals surface area (Å²) in [7, 11) is 0. The van der Waals surface area contributed by atoms with E-state index < -0.39 is 35.6 Å². The van der Waals surface area contributed by atoms with Gasteiger partial charge in [0, 0.05) is 0 Å². The first-order valence-electron chi connectivity index (χ1n) is 17.3. The van der Waals surface area contributed by atoms with Gasteiger partial charge in [-0.2, -0.15) is 0 Å². The molecule has 2 unspecified atom stereocenters. The molecule has 10 nitrogen and oxygen atoms in total. The number of hydrogen-bond donors (Lipinski definition) is 3. The first-order chi connectivity index (χ1) is 22.6. The second-order valence-corrected chi connectivity index (χ2v) is 17.4. The van der Waals surface area contributed by atoms with Gasteiger partial charge in [-0.3, -0.25) is 19.2 Å². The highest BCUT2D eigenvalue weighted by molar-refractivity contribution is 6.34. The standard InChI is InChI=1S/C40H60N2O8/c1-23(25-19-27(37(3,4)5)31(43)28(20-25)38(6,7)8)35(47)49-17-15-42(34(46)33(41)45)16-18-50-36(48)24(2)26-21-29(39(9,10)11)32(44)30(22-26)40(12,13)14/h19-24,43-44H,15-18H2,1-14H3,(H2,41,45). The second kappa shape index (κ2) is 15.4. The minimum Gasteiger partial charge on any atom is -0.507 e. The highest BCUT2D eigenvalue weighted by Crippen LogP contribution is 2.42. The Morgan fingerprint density at radius 2 is 0.860 bits per heavy atom. The second-order valence-electron chi connectivity index (χ2n) is 17.4. The molecule has 0 heterocycles. The summed E-state index contributed by atoms with van der Waals surface area (Å²) in [4.78, 5) is 51.9. The van der Waals surface area contributed by atoms with Crippen LogP contribution in [0.4, 0.5) is 0 Å². The first kappa shape index (κ1) is 42.1. The van der Waals surface area contributed by atoms with Gasteiger partial charge in [0.1, 0.15) is 24.7 Å². The average Bonchev–Trinajstić information content (AvgIpc) is 2.96. The van der Waals surface area contributed by atoms with Crippen LogP contribution in [0.1, 0.15) is 142 Å². The van der Waals surface area contributed by atoms with Crippen molar-refractivity contribution >= 4 is 23.8 Å². The molecule has 50 heavy (non-hydrogen) atoms. The molecule has 0 spiro atoms. The molecule has 2 aromatic rings. The SMILES string of the molecule is CC(C(=O)OCCN(CCOC(=O)C(C)c1cc(C(C)(C)C)c(O)c(C(C)(C)C)c1)C(=O)C(N)=O)c1cc(C(C)(C)C)c(O)c(C(C)(C)C)c1. The first-order valence-corrected chi connectivity index (χ1v) is 17.3. The van der Waals surface area contributed by atoms with E-state index in [1.54, 1.807) is 13.8 Å². The lowest BCUT2D eigenvalue weighted by Crippen LogP contribution is -2.44. The van der Waals surface area contributed by atoms with Gasteiger partial charge in [-0.15, -0.1) is 0 Å². The van der Waals surface area contributed by atoms with E-state index in [0.717, 1.165) is 27.2 Å². The van der Waals surface area contributed by atoms with Crippen LogP contribution in [0.25, 0.3) is 0 Å². The van der Waals surface area contributed by atoms with E-state index in [1.165, 1.54) is 0 Å². The van der Waals surface area contributed by atoms with Crippen LogP contribution in [0, 0.1) is 0 Å². The fourth-order valence-corrected chi connectivity index (χ4v) is 5.61. The molecule has 0 aromatic heterocycles. The van der Waals surface area contributed by atoms with Crippen molar-refractivity contribution < 1.29 is 38.9 Å². The van der Waals surface area contributed by atoms with Crippen molar-refractivity contribution in [2.45, 2.75) is 130 Å². The topological polar surface area (TPSA) is 156 Å².